The SMILES string of the molecule is CN(C)C(=O)C1CCCN1C(=O)c1cccc(S(C)(=O)=O)c1. The lowest BCUT2D eigenvalue weighted by atomic mass is 10.1. The first kappa shape index (κ1) is 16.5. The second-order valence-corrected chi connectivity index (χ2v) is 7.70. The highest BCUT2D eigenvalue weighted by Gasteiger charge is 2.35. The van der Waals surface area contributed by atoms with Gasteiger partial charge < -0.3 is 9.80 Å². The first-order chi connectivity index (χ1) is 10.2. The van der Waals surface area contributed by atoms with Gasteiger partial charge in [-0.15, -0.1) is 0 Å². The summed E-state index contributed by atoms with van der Waals surface area (Å²) in [5, 5.41) is 0. The van der Waals surface area contributed by atoms with Crippen LogP contribution in [0, 0.1) is 0 Å². The maximum Gasteiger partial charge on any atom is 0.254 e. The second-order valence-electron chi connectivity index (χ2n) is 5.69. The van der Waals surface area contributed by atoms with Crippen LogP contribution in [0.25, 0.3) is 0 Å². The molecule has 0 aliphatic carbocycles. The van der Waals surface area contributed by atoms with Crippen LogP contribution in [0.15, 0.2) is 29.2 Å². The summed E-state index contributed by atoms with van der Waals surface area (Å²) in [6.45, 7) is 0.506. The van der Waals surface area contributed by atoms with Gasteiger partial charge in [-0.05, 0) is 31.0 Å². The van der Waals surface area contributed by atoms with E-state index >= 15 is 0 Å². The largest absolute Gasteiger partial charge is 0.347 e. The molecule has 0 saturated carbocycles. The molecular weight excluding hydrogens is 304 g/mol. The van der Waals surface area contributed by atoms with Gasteiger partial charge in [0.15, 0.2) is 9.84 Å². The molecule has 22 heavy (non-hydrogen) atoms. The topological polar surface area (TPSA) is 74.8 Å². The summed E-state index contributed by atoms with van der Waals surface area (Å²) in [7, 11) is -0.0510. The molecule has 0 N–H and O–H groups in total. The highest BCUT2D eigenvalue weighted by Crippen LogP contribution is 2.22. The fourth-order valence-corrected chi connectivity index (χ4v) is 3.26. The van der Waals surface area contributed by atoms with Crippen LogP contribution < -0.4 is 0 Å². The predicted octanol–water partition coefficient (Wildman–Crippen LogP) is 0.783. The van der Waals surface area contributed by atoms with Gasteiger partial charge in [-0.2, -0.15) is 0 Å². The first-order valence-electron chi connectivity index (χ1n) is 7.04. The van der Waals surface area contributed by atoms with E-state index in [2.05, 4.69) is 0 Å². The Kier molecular flexibility index (Phi) is 4.55. The zero-order valence-corrected chi connectivity index (χ0v) is 13.8. The fraction of sp³-hybridized carbons (Fsp3) is 0.467. The average molecular weight is 324 g/mol. The minimum atomic E-state index is -3.37. The minimum absolute atomic E-state index is 0.105. The third-order valence-corrected chi connectivity index (χ3v) is 4.86. The van der Waals surface area contributed by atoms with Crippen molar-refractivity contribution < 1.29 is 18.0 Å². The van der Waals surface area contributed by atoms with E-state index < -0.39 is 15.9 Å². The van der Waals surface area contributed by atoms with Gasteiger partial charge in [0.2, 0.25) is 5.91 Å². The van der Waals surface area contributed by atoms with Gasteiger partial charge in [-0.1, -0.05) is 6.07 Å². The van der Waals surface area contributed by atoms with Gasteiger partial charge in [0.1, 0.15) is 6.04 Å². The van der Waals surface area contributed by atoms with E-state index in [9.17, 15) is 18.0 Å². The van der Waals surface area contributed by atoms with Crippen LogP contribution in [0.2, 0.25) is 0 Å². The van der Waals surface area contributed by atoms with E-state index in [1.54, 1.807) is 26.2 Å². The van der Waals surface area contributed by atoms with E-state index in [-0.39, 0.29) is 16.7 Å². The maximum atomic E-state index is 12.6. The van der Waals surface area contributed by atoms with E-state index in [1.807, 2.05) is 0 Å². The zero-order chi connectivity index (χ0) is 16.5. The summed E-state index contributed by atoms with van der Waals surface area (Å²) in [6, 6.07) is 5.48. The van der Waals surface area contributed by atoms with Crippen LogP contribution in [-0.2, 0) is 14.6 Å². The lowest BCUT2D eigenvalue weighted by molar-refractivity contribution is -0.132. The normalized spacial score (nSPS) is 18.3. The Morgan fingerprint density at radius 1 is 1.27 bits per heavy atom. The zero-order valence-electron chi connectivity index (χ0n) is 12.9. The molecule has 7 heteroatoms. The number of hydrogen-bond acceptors (Lipinski definition) is 4. The summed E-state index contributed by atoms with van der Waals surface area (Å²) in [5.74, 6) is -0.409. The molecule has 1 aliphatic rings. The van der Waals surface area contributed by atoms with Gasteiger partial charge >= 0.3 is 0 Å². The lowest BCUT2D eigenvalue weighted by Crippen LogP contribution is -2.45. The van der Waals surface area contributed by atoms with E-state index in [4.69, 9.17) is 0 Å². The molecular formula is C15H20N2O4S. The first-order valence-corrected chi connectivity index (χ1v) is 8.93. The summed E-state index contributed by atoms with van der Waals surface area (Å²) in [4.78, 5) is 27.9. The number of hydrogen-bond donors (Lipinski definition) is 0. The Hall–Kier alpha value is -1.89. The molecule has 1 saturated heterocycles. The van der Waals surface area contributed by atoms with Crippen LogP contribution >= 0.6 is 0 Å². The molecule has 0 aromatic heterocycles. The molecule has 0 spiro atoms. The Labute approximate surface area is 130 Å². The maximum absolute atomic E-state index is 12.6. The smallest absolute Gasteiger partial charge is 0.254 e. The lowest BCUT2D eigenvalue weighted by Gasteiger charge is -2.26. The number of carbonyl (C=O) groups is 2. The number of rotatable bonds is 3. The highest BCUT2D eigenvalue weighted by molar-refractivity contribution is 7.90. The van der Waals surface area contributed by atoms with Crippen molar-refractivity contribution in [3.05, 3.63) is 29.8 Å². The minimum Gasteiger partial charge on any atom is -0.347 e. The molecule has 2 amide bonds. The average Bonchev–Trinajstić information content (AvgIpc) is 2.94. The molecule has 1 atom stereocenters. The van der Waals surface area contributed by atoms with Crippen molar-refractivity contribution in [2.24, 2.45) is 0 Å². The molecule has 1 fully saturated rings. The highest BCUT2D eigenvalue weighted by atomic mass is 32.2. The Bertz CT molecular complexity index is 697. The van der Waals surface area contributed by atoms with Gasteiger partial charge in [-0.3, -0.25) is 9.59 Å². The van der Waals surface area contributed by atoms with Crippen LogP contribution in [0.4, 0.5) is 0 Å². The molecule has 1 aromatic rings. The standard InChI is InChI=1S/C15H20N2O4S/c1-16(2)15(19)13-8-5-9-17(13)14(18)11-6-4-7-12(10-11)22(3,20)21/h4,6-7,10,13H,5,8-9H2,1-3H3. The Morgan fingerprint density at radius 3 is 2.55 bits per heavy atom. The molecule has 6 nitrogen and oxygen atoms in total. The quantitative estimate of drug-likeness (QED) is 0.823. The summed E-state index contributed by atoms with van der Waals surface area (Å²) in [5.41, 5.74) is 0.293. The number of sulfone groups is 1. The summed E-state index contributed by atoms with van der Waals surface area (Å²) >= 11 is 0. The predicted molar refractivity (Wildman–Crippen MR) is 82.3 cm³/mol. The molecule has 0 radical (unpaired) electrons. The number of benzene rings is 1. The van der Waals surface area contributed by atoms with Crippen LogP contribution in [0.3, 0.4) is 0 Å². The van der Waals surface area contributed by atoms with Crippen LogP contribution in [0.1, 0.15) is 23.2 Å². The van der Waals surface area contributed by atoms with Crippen LogP contribution in [0.5, 0.6) is 0 Å². The Morgan fingerprint density at radius 2 is 1.95 bits per heavy atom. The van der Waals surface area contributed by atoms with Crippen molar-refractivity contribution >= 4 is 21.7 Å². The van der Waals surface area contributed by atoms with E-state index in [1.165, 1.54) is 21.9 Å². The van der Waals surface area contributed by atoms with Gasteiger partial charge in [0.05, 0.1) is 4.90 Å². The molecule has 1 aliphatic heterocycles. The van der Waals surface area contributed by atoms with Crippen LogP contribution in [-0.4, -0.2) is 63.0 Å². The molecule has 120 valence electrons. The Balaban J connectivity index is 2.30. The third kappa shape index (κ3) is 3.30. The fourth-order valence-electron chi connectivity index (χ4n) is 2.59. The van der Waals surface area contributed by atoms with Gasteiger partial charge in [0.25, 0.3) is 5.91 Å². The number of amides is 2. The molecule has 1 heterocycles. The number of likely N-dealkylation sites (N-methyl/N-ethyl adjacent to an activating group) is 1. The molecule has 1 unspecified atom stereocenters. The van der Waals surface area contributed by atoms with E-state index in [0.29, 0.717) is 18.5 Å². The van der Waals surface area contributed by atoms with E-state index in [0.717, 1.165) is 12.7 Å². The second kappa shape index (κ2) is 6.08. The van der Waals surface area contributed by atoms with Crippen molar-refractivity contribution in [2.45, 2.75) is 23.8 Å². The third-order valence-electron chi connectivity index (χ3n) is 3.75. The number of nitrogens with zero attached hydrogens (tertiary/aromatic N) is 2. The molecule has 0 bridgehead atoms. The molecule has 1 aromatic carbocycles. The van der Waals surface area contributed by atoms with Crippen molar-refractivity contribution in [1.82, 2.24) is 9.80 Å². The van der Waals surface area contributed by atoms with Crippen molar-refractivity contribution in [3.63, 3.8) is 0 Å². The molecule has 2 rings (SSSR count). The summed E-state index contributed by atoms with van der Waals surface area (Å²) < 4.78 is 23.2. The van der Waals surface area contributed by atoms with Gasteiger partial charge in [0, 0.05) is 32.5 Å². The monoisotopic (exact) mass is 324 g/mol. The van der Waals surface area contributed by atoms with Gasteiger partial charge in [-0.25, -0.2) is 8.42 Å². The summed E-state index contributed by atoms with van der Waals surface area (Å²) in [6.07, 6.45) is 2.50. The number of likely N-dealkylation sites (tertiary alicyclic amines) is 1. The van der Waals surface area contributed by atoms with Crippen molar-refractivity contribution in [3.8, 4) is 0 Å². The number of carbonyl (C=O) groups excluding carboxylic acids is 2. The van der Waals surface area contributed by atoms with Crippen molar-refractivity contribution in [2.75, 3.05) is 26.9 Å². The van der Waals surface area contributed by atoms with Crippen molar-refractivity contribution in [1.29, 1.82) is 0 Å².